The highest BCUT2D eigenvalue weighted by Crippen LogP contribution is 2.24. The molecule has 19 heavy (non-hydrogen) atoms. The Kier molecular flexibility index (Phi) is 3.65. The molecule has 0 fully saturated rings. The van der Waals surface area contributed by atoms with E-state index in [9.17, 15) is 0 Å². The minimum absolute atomic E-state index is 0.448. The summed E-state index contributed by atoms with van der Waals surface area (Å²) in [6.07, 6.45) is 3.29. The van der Waals surface area contributed by atoms with Crippen LogP contribution in [0.5, 0.6) is 0 Å². The molecule has 0 spiro atoms. The van der Waals surface area contributed by atoms with Gasteiger partial charge in [0.05, 0.1) is 6.61 Å². The molecule has 1 atom stereocenters. The lowest BCUT2D eigenvalue weighted by Crippen LogP contribution is -2.10. The van der Waals surface area contributed by atoms with Gasteiger partial charge in [-0.25, -0.2) is 0 Å². The molecule has 0 heterocycles. The van der Waals surface area contributed by atoms with Crippen molar-refractivity contribution in [3.8, 4) is 0 Å². The average molecular weight is 252 g/mol. The van der Waals surface area contributed by atoms with Gasteiger partial charge in [0.1, 0.15) is 0 Å². The zero-order valence-electron chi connectivity index (χ0n) is 11.4. The van der Waals surface area contributed by atoms with Gasteiger partial charge in [0.25, 0.3) is 0 Å². The number of aryl methyl sites for hydroxylation is 2. The Morgan fingerprint density at radius 3 is 1.95 bits per heavy atom. The van der Waals surface area contributed by atoms with Crippen molar-refractivity contribution in [2.24, 2.45) is 0 Å². The van der Waals surface area contributed by atoms with Crippen molar-refractivity contribution >= 4 is 0 Å². The molecule has 6 rings (SSSR count). The lowest BCUT2D eigenvalue weighted by molar-refractivity contribution is 0.179. The molecule has 0 radical (unpaired) electrons. The van der Waals surface area contributed by atoms with Crippen molar-refractivity contribution in [3.05, 3.63) is 70.8 Å². The minimum Gasteiger partial charge on any atom is -0.384 e. The Balaban J connectivity index is 1.98. The van der Waals surface area contributed by atoms with Crippen molar-refractivity contribution < 1.29 is 4.74 Å². The van der Waals surface area contributed by atoms with Crippen LogP contribution in [0.2, 0.25) is 0 Å². The first kappa shape index (κ1) is 12.4. The molecule has 0 saturated carbocycles. The van der Waals surface area contributed by atoms with Gasteiger partial charge in [-0.1, -0.05) is 48.5 Å². The lowest BCUT2D eigenvalue weighted by atomic mass is 9.90. The minimum atomic E-state index is 0.448. The second-order valence-corrected chi connectivity index (χ2v) is 5.41. The van der Waals surface area contributed by atoms with Gasteiger partial charge in [-0.3, -0.25) is 0 Å². The smallest absolute Gasteiger partial charge is 0.0534 e. The summed E-state index contributed by atoms with van der Waals surface area (Å²) >= 11 is 0. The Hall–Kier alpha value is -1.60. The molecule has 4 aliphatic rings. The van der Waals surface area contributed by atoms with E-state index < -0.39 is 0 Å². The highest BCUT2D eigenvalue weighted by atomic mass is 16.5. The molecule has 1 unspecified atom stereocenters. The standard InChI is InChI=1S/C18H20O/c1-19-13-18-12-16-6-4-14(5-7-16)2-3-15-8-10-17(18)11-9-15/h4-11,18H,2-3,12-13H2,1H3. The zero-order chi connectivity index (χ0) is 13.1. The van der Waals surface area contributed by atoms with E-state index in [2.05, 4.69) is 48.5 Å². The number of benzene rings is 2. The lowest BCUT2D eigenvalue weighted by Gasteiger charge is -2.18. The topological polar surface area (TPSA) is 9.23 Å². The van der Waals surface area contributed by atoms with Gasteiger partial charge in [0, 0.05) is 13.0 Å². The van der Waals surface area contributed by atoms with Crippen LogP contribution in [-0.2, 0) is 24.0 Å². The molecule has 0 N–H and O–H groups in total. The molecule has 1 nitrogen and oxygen atoms in total. The van der Waals surface area contributed by atoms with E-state index in [1.54, 1.807) is 7.11 Å². The number of hydrogen-bond donors (Lipinski definition) is 0. The molecule has 0 aromatic heterocycles. The van der Waals surface area contributed by atoms with E-state index in [4.69, 9.17) is 4.74 Å². The van der Waals surface area contributed by atoms with Gasteiger partial charge in [0.15, 0.2) is 0 Å². The second kappa shape index (κ2) is 5.58. The fourth-order valence-electron chi connectivity index (χ4n) is 2.85. The molecule has 2 aromatic carbocycles. The molecule has 98 valence electrons. The summed E-state index contributed by atoms with van der Waals surface area (Å²) in [6, 6.07) is 18.2. The van der Waals surface area contributed by atoms with E-state index in [1.807, 2.05) is 0 Å². The van der Waals surface area contributed by atoms with Crippen LogP contribution in [0.3, 0.4) is 0 Å². The second-order valence-electron chi connectivity index (χ2n) is 5.41. The molecule has 0 aliphatic heterocycles. The van der Waals surface area contributed by atoms with E-state index >= 15 is 0 Å². The molecule has 0 amide bonds. The van der Waals surface area contributed by atoms with Crippen molar-refractivity contribution in [1.29, 1.82) is 0 Å². The summed E-state index contributed by atoms with van der Waals surface area (Å²) in [5.41, 5.74) is 5.63. The molecular weight excluding hydrogens is 232 g/mol. The number of ether oxygens (including phenoxy) is 1. The summed E-state index contributed by atoms with van der Waals surface area (Å²) in [5, 5.41) is 0. The highest BCUT2D eigenvalue weighted by Gasteiger charge is 2.13. The molecule has 4 aliphatic carbocycles. The number of methoxy groups -OCH3 is 1. The first-order valence-corrected chi connectivity index (χ1v) is 7.01. The van der Waals surface area contributed by atoms with Crippen molar-refractivity contribution in [3.63, 3.8) is 0 Å². The third-order valence-corrected chi connectivity index (χ3v) is 4.03. The largest absolute Gasteiger partial charge is 0.384 e. The van der Waals surface area contributed by atoms with Gasteiger partial charge >= 0.3 is 0 Å². The quantitative estimate of drug-likeness (QED) is 0.791. The molecular formula is C18H20O. The predicted octanol–water partition coefficient (Wildman–Crippen LogP) is 3.76. The van der Waals surface area contributed by atoms with Gasteiger partial charge in [0.2, 0.25) is 0 Å². The van der Waals surface area contributed by atoms with E-state index in [0.717, 1.165) is 25.9 Å². The van der Waals surface area contributed by atoms with Gasteiger partial charge < -0.3 is 4.74 Å². The van der Waals surface area contributed by atoms with E-state index in [1.165, 1.54) is 22.3 Å². The van der Waals surface area contributed by atoms with Crippen molar-refractivity contribution in [1.82, 2.24) is 0 Å². The van der Waals surface area contributed by atoms with Crippen LogP contribution in [0.4, 0.5) is 0 Å². The van der Waals surface area contributed by atoms with E-state index in [-0.39, 0.29) is 0 Å². The van der Waals surface area contributed by atoms with Crippen LogP contribution >= 0.6 is 0 Å². The Morgan fingerprint density at radius 1 is 0.842 bits per heavy atom. The molecule has 1 heteroatoms. The summed E-state index contributed by atoms with van der Waals surface area (Å²) in [6.45, 7) is 0.779. The third-order valence-electron chi connectivity index (χ3n) is 4.03. The van der Waals surface area contributed by atoms with Gasteiger partial charge in [-0.05, 0) is 41.5 Å². The monoisotopic (exact) mass is 252 g/mol. The van der Waals surface area contributed by atoms with E-state index in [0.29, 0.717) is 5.92 Å². The maximum atomic E-state index is 5.40. The molecule has 0 saturated heterocycles. The van der Waals surface area contributed by atoms with Crippen LogP contribution in [0, 0.1) is 0 Å². The SMILES string of the molecule is COCC1Cc2ccc(cc2)CCc2ccc1cc2. The average Bonchev–Trinajstić information content (AvgIpc) is 2.45. The molecule has 4 bridgehead atoms. The summed E-state index contributed by atoms with van der Waals surface area (Å²) in [5.74, 6) is 0.448. The fourth-order valence-corrected chi connectivity index (χ4v) is 2.85. The van der Waals surface area contributed by atoms with Crippen LogP contribution < -0.4 is 0 Å². The van der Waals surface area contributed by atoms with Crippen LogP contribution in [0.25, 0.3) is 0 Å². The summed E-state index contributed by atoms with van der Waals surface area (Å²) in [7, 11) is 1.79. The number of rotatable bonds is 2. The first-order chi connectivity index (χ1) is 9.35. The number of hydrogen-bond acceptors (Lipinski definition) is 1. The normalized spacial score (nSPS) is 18.1. The third kappa shape index (κ3) is 2.87. The Morgan fingerprint density at radius 2 is 1.37 bits per heavy atom. The first-order valence-electron chi connectivity index (χ1n) is 7.01. The Labute approximate surface area is 115 Å². The van der Waals surface area contributed by atoms with Crippen molar-refractivity contribution in [2.75, 3.05) is 13.7 Å². The van der Waals surface area contributed by atoms with Gasteiger partial charge in [-0.2, -0.15) is 0 Å². The highest BCUT2D eigenvalue weighted by molar-refractivity contribution is 5.31. The fraction of sp³-hybridized carbons (Fsp3) is 0.333. The van der Waals surface area contributed by atoms with Crippen LogP contribution in [0.15, 0.2) is 48.5 Å². The predicted molar refractivity (Wildman–Crippen MR) is 78.6 cm³/mol. The summed E-state index contributed by atoms with van der Waals surface area (Å²) < 4.78 is 5.40. The Bertz CT molecular complexity index is 525. The maximum Gasteiger partial charge on any atom is 0.0534 e. The summed E-state index contributed by atoms with van der Waals surface area (Å²) in [4.78, 5) is 0. The zero-order valence-corrected chi connectivity index (χ0v) is 11.4. The van der Waals surface area contributed by atoms with Crippen LogP contribution in [0.1, 0.15) is 28.2 Å². The van der Waals surface area contributed by atoms with Gasteiger partial charge in [-0.15, -0.1) is 0 Å². The van der Waals surface area contributed by atoms with Crippen LogP contribution in [-0.4, -0.2) is 13.7 Å². The molecule has 2 aromatic rings. The van der Waals surface area contributed by atoms with Crippen molar-refractivity contribution in [2.45, 2.75) is 25.2 Å². The maximum absolute atomic E-state index is 5.40.